The Kier molecular flexibility index (Phi) is 8.41. The smallest absolute Gasteiger partial charge is 0.195 e. The zero-order valence-corrected chi connectivity index (χ0v) is 20.7. The second kappa shape index (κ2) is 11.5. The standard InChI is InChI=1S/C28H33NO5/c1-18(2)20-7-9-21(10-8-20)28(30)24-16-26(33-5)27(34-6)17-25(24)29-12-11-19-13-22(31-3)15-23(14-19)32-4/h7-10,13-18,29H,11-12H2,1-6H3. The molecule has 3 aromatic carbocycles. The molecule has 6 heteroatoms. The number of ether oxygens (including phenoxy) is 4. The molecule has 0 heterocycles. The van der Waals surface area contributed by atoms with E-state index in [1.54, 1.807) is 40.6 Å². The number of hydrogen-bond acceptors (Lipinski definition) is 6. The fourth-order valence-electron chi connectivity index (χ4n) is 3.74. The number of anilines is 1. The molecule has 0 aromatic heterocycles. The summed E-state index contributed by atoms with van der Waals surface area (Å²) in [4.78, 5) is 13.4. The molecule has 0 saturated heterocycles. The molecule has 0 spiro atoms. The molecule has 0 amide bonds. The van der Waals surface area contributed by atoms with Crippen LogP contribution in [-0.4, -0.2) is 40.8 Å². The highest BCUT2D eigenvalue weighted by Gasteiger charge is 2.19. The summed E-state index contributed by atoms with van der Waals surface area (Å²) in [5.41, 5.74) is 4.08. The van der Waals surface area contributed by atoms with Crippen LogP contribution in [0.15, 0.2) is 54.6 Å². The van der Waals surface area contributed by atoms with Gasteiger partial charge in [0.1, 0.15) is 11.5 Å². The molecule has 34 heavy (non-hydrogen) atoms. The van der Waals surface area contributed by atoms with Gasteiger partial charge in [0, 0.05) is 35.5 Å². The van der Waals surface area contributed by atoms with Crippen LogP contribution >= 0.6 is 0 Å². The maximum atomic E-state index is 13.4. The predicted molar refractivity (Wildman–Crippen MR) is 135 cm³/mol. The van der Waals surface area contributed by atoms with Crippen LogP contribution in [0.2, 0.25) is 0 Å². The van der Waals surface area contributed by atoms with Crippen molar-refractivity contribution in [3.05, 3.63) is 76.9 Å². The van der Waals surface area contributed by atoms with Gasteiger partial charge in [-0.15, -0.1) is 0 Å². The van der Waals surface area contributed by atoms with Crippen LogP contribution in [0.25, 0.3) is 0 Å². The lowest BCUT2D eigenvalue weighted by molar-refractivity contribution is 0.103. The first-order valence-electron chi connectivity index (χ1n) is 11.3. The van der Waals surface area contributed by atoms with E-state index < -0.39 is 0 Å². The normalized spacial score (nSPS) is 10.7. The van der Waals surface area contributed by atoms with Gasteiger partial charge in [-0.1, -0.05) is 38.1 Å². The van der Waals surface area contributed by atoms with Crippen molar-refractivity contribution in [2.75, 3.05) is 40.3 Å². The number of benzene rings is 3. The molecule has 3 aromatic rings. The molecule has 0 radical (unpaired) electrons. The minimum absolute atomic E-state index is 0.0817. The van der Waals surface area contributed by atoms with E-state index >= 15 is 0 Å². The van der Waals surface area contributed by atoms with E-state index in [-0.39, 0.29) is 5.78 Å². The van der Waals surface area contributed by atoms with Crippen molar-refractivity contribution in [1.29, 1.82) is 0 Å². The molecule has 180 valence electrons. The van der Waals surface area contributed by atoms with Crippen molar-refractivity contribution < 1.29 is 23.7 Å². The van der Waals surface area contributed by atoms with Crippen LogP contribution in [0, 0.1) is 0 Å². The summed E-state index contributed by atoms with van der Waals surface area (Å²) in [5.74, 6) is 2.86. The van der Waals surface area contributed by atoms with Gasteiger partial charge in [0.05, 0.1) is 28.4 Å². The first kappa shape index (κ1) is 25.0. The highest BCUT2D eigenvalue weighted by atomic mass is 16.5. The van der Waals surface area contributed by atoms with Gasteiger partial charge in [0.2, 0.25) is 0 Å². The summed E-state index contributed by atoms with van der Waals surface area (Å²) in [6.45, 7) is 4.86. The number of hydrogen-bond donors (Lipinski definition) is 1. The third kappa shape index (κ3) is 5.81. The molecule has 0 atom stereocenters. The van der Waals surface area contributed by atoms with Crippen LogP contribution < -0.4 is 24.3 Å². The minimum atomic E-state index is -0.0817. The lowest BCUT2D eigenvalue weighted by Gasteiger charge is -2.16. The number of ketones is 1. The van der Waals surface area contributed by atoms with E-state index in [4.69, 9.17) is 18.9 Å². The van der Waals surface area contributed by atoms with Crippen molar-refractivity contribution in [2.24, 2.45) is 0 Å². The van der Waals surface area contributed by atoms with E-state index in [1.807, 2.05) is 42.5 Å². The Bertz CT molecular complexity index is 1100. The second-order valence-corrected chi connectivity index (χ2v) is 8.26. The molecule has 6 nitrogen and oxygen atoms in total. The average molecular weight is 464 g/mol. The van der Waals surface area contributed by atoms with E-state index in [0.717, 1.165) is 17.1 Å². The molecule has 0 aliphatic carbocycles. The Morgan fingerprint density at radius 3 is 1.91 bits per heavy atom. The molecule has 1 N–H and O–H groups in total. The van der Waals surface area contributed by atoms with Crippen molar-refractivity contribution in [1.82, 2.24) is 0 Å². The van der Waals surface area contributed by atoms with Gasteiger partial charge in [0.25, 0.3) is 0 Å². The lowest BCUT2D eigenvalue weighted by Crippen LogP contribution is -2.12. The number of rotatable bonds is 11. The van der Waals surface area contributed by atoms with Gasteiger partial charge >= 0.3 is 0 Å². The van der Waals surface area contributed by atoms with Gasteiger partial charge in [-0.2, -0.15) is 0 Å². The topological polar surface area (TPSA) is 66.0 Å². The van der Waals surface area contributed by atoms with Crippen molar-refractivity contribution in [3.8, 4) is 23.0 Å². The Balaban J connectivity index is 1.88. The average Bonchev–Trinajstić information content (AvgIpc) is 2.87. The summed E-state index contributed by atoms with van der Waals surface area (Å²) in [5, 5.41) is 3.40. The molecule has 3 rings (SSSR count). The van der Waals surface area contributed by atoms with Crippen LogP contribution in [0.3, 0.4) is 0 Å². The molecule has 0 fully saturated rings. The van der Waals surface area contributed by atoms with E-state index in [1.165, 1.54) is 5.56 Å². The lowest BCUT2D eigenvalue weighted by atomic mass is 9.97. The highest BCUT2D eigenvalue weighted by Crippen LogP contribution is 2.35. The molecule has 0 aliphatic rings. The first-order valence-corrected chi connectivity index (χ1v) is 11.3. The summed E-state index contributed by atoms with van der Waals surface area (Å²) < 4.78 is 21.7. The number of carbonyl (C=O) groups is 1. The van der Waals surface area contributed by atoms with Crippen molar-refractivity contribution >= 4 is 11.5 Å². The number of nitrogens with one attached hydrogen (secondary N) is 1. The van der Waals surface area contributed by atoms with Crippen molar-refractivity contribution in [2.45, 2.75) is 26.2 Å². The molecular formula is C28H33NO5. The summed E-state index contributed by atoms with van der Waals surface area (Å²) in [6, 6.07) is 17.1. The zero-order chi connectivity index (χ0) is 24.7. The Morgan fingerprint density at radius 1 is 0.794 bits per heavy atom. The predicted octanol–water partition coefficient (Wildman–Crippen LogP) is 5.73. The molecule has 0 bridgehead atoms. The quantitative estimate of drug-likeness (QED) is 0.366. The number of carbonyl (C=O) groups excluding carboxylic acids is 1. The maximum Gasteiger partial charge on any atom is 0.195 e. The molecule has 0 aliphatic heterocycles. The van der Waals surface area contributed by atoms with Gasteiger partial charge in [0.15, 0.2) is 17.3 Å². The van der Waals surface area contributed by atoms with Gasteiger partial charge in [-0.3, -0.25) is 4.79 Å². The van der Waals surface area contributed by atoms with Crippen molar-refractivity contribution in [3.63, 3.8) is 0 Å². The van der Waals surface area contributed by atoms with Gasteiger partial charge in [-0.05, 0) is 41.7 Å². The first-order chi connectivity index (χ1) is 16.4. The fraction of sp³-hybridized carbons (Fsp3) is 0.321. The summed E-state index contributed by atoms with van der Waals surface area (Å²) in [6.07, 6.45) is 0.707. The Labute approximate surface area is 201 Å². The summed E-state index contributed by atoms with van der Waals surface area (Å²) >= 11 is 0. The Hall–Kier alpha value is -3.67. The highest BCUT2D eigenvalue weighted by molar-refractivity contribution is 6.12. The third-order valence-corrected chi connectivity index (χ3v) is 5.75. The van der Waals surface area contributed by atoms with E-state index in [9.17, 15) is 4.79 Å². The van der Waals surface area contributed by atoms with Gasteiger partial charge < -0.3 is 24.3 Å². The monoisotopic (exact) mass is 463 g/mol. The number of methoxy groups -OCH3 is 4. The fourth-order valence-corrected chi connectivity index (χ4v) is 3.74. The minimum Gasteiger partial charge on any atom is -0.497 e. The van der Waals surface area contributed by atoms with Gasteiger partial charge in [-0.25, -0.2) is 0 Å². The van der Waals surface area contributed by atoms with Crippen LogP contribution in [0.5, 0.6) is 23.0 Å². The molecule has 0 saturated carbocycles. The van der Waals surface area contributed by atoms with E-state index in [0.29, 0.717) is 47.2 Å². The largest absolute Gasteiger partial charge is 0.497 e. The third-order valence-electron chi connectivity index (χ3n) is 5.75. The van der Waals surface area contributed by atoms with Crippen LogP contribution in [0.1, 0.15) is 46.8 Å². The summed E-state index contributed by atoms with van der Waals surface area (Å²) in [7, 11) is 6.40. The SMILES string of the molecule is COc1cc(CCNc2cc(OC)c(OC)cc2C(=O)c2ccc(C(C)C)cc2)cc(OC)c1. The van der Waals surface area contributed by atoms with Crippen LogP contribution in [0.4, 0.5) is 5.69 Å². The zero-order valence-electron chi connectivity index (χ0n) is 20.7. The Morgan fingerprint density at radius 2 is 1.38 bits per heavy atom. The molecule has 0 unspecified atom stereocenters. The van der Waals surface area contributed by atoms with Crippen LogP contribution in [-0.2, 0) is 6.42 Å². The maximum absolute atomic E-state index is 13.4. The molecular weight excluding hydrogens is 430 g/mol. The second-order valence-electron chi connectivity index (χ2n) is 8.26. The van der Waals surface area contributed by atoms with E-state index in [2.05, 4.69) is 19.2 Å².